The van der Waals surface area contributed by atoms with Gasteiger partial charge in [0.15, 0.2) is 11.6 Å². The molecule has 4 saturated heterocycles. The number of ether oxygens (including phenoxy) is 1. The molecule has 2 aromatic heterocycles. The Hall–Kier alpha value is -7.24. The van der Waals surface area contributed by atoms with Crippen molar-refractivity contribution in [3.05, 3.63) is 119 Å². The van der Waals surface area contributed by atoms with Crippen LogP contribution in [0.3, 0.4) is 0 Å². The minimum atomic E-state index is -1.16. The van der Waals surface area contributed by atoms with Crippen molar-refractivity contribution in [3.63, 3.8) is 0 Å². The SMILES string of the molecule is COC(=O)N[C@H](C(=O)N1CCC[C@H]1c1nc2ccc([C@H]3CC[C@@H](c4ccc5nc([C@@H]6CCCN6C(=O)[C@H](C(C)C)N(C)C(=O)O)[nH]c5c4)N3c3cc(F)c(N4CCC(c5ccccc5)CC4)c(F)c3)cc2[nH]1)C(C)C. The molecule has 0 saturated carbocycles. The first-order valence-corrected chi connectivity index (χ1v) is 26.6. The number of methoxy groups -OCH3 is 1. The van der Waals surface area contributed by atoms with Crippen molar-refractivity contribution in [1.29, 1.82) is 0 Å². The van der Waals surface area contributed by atoms with Gasteiger partial charge in [0, 0.05) is 38.9 Å². The van der Waals surface area contributed by atoms with E-state index in [-0.39, 0.29) is 53.5 Å². The zero-order valence-corrected chi connectivity index (χ0v) is 43.6. The number of likely N-dealkylation sites (tertiary alicyclic amines) is 2. The molecule has 4 fully saturated rings. The molecule has 0 bridgehead atoms. The van der Waals surface area contributed by atoms with E-state index in [0.717, 1.165) is 58.3 Å². The molecular formula is C57H68F2N10O6. The molecule has 16 nitrogen and oxygen atoms in total. The Morgan fingerprint density at radius 2 is 1.21 bits per heavy atom. The Bertz CT molecular complexity index is 3060. The number of nitrogens with zero attached hydrogens (tertiary/aromatic N) is 7. The maximum atomic E-state index is 16.8. The smallest absolute Gasteiger partial charge is 0.407 e. The van der Waals surface area contributed by atoms with Gasteiger partial charge in [0.2, 0.25) is 11.8 Å². The second kappa shape index (κ2) is 21.2. The van der Waals surface area contributed by atoms with Crippen molar-refractivity contribution in [2.75, 3.05) is 50.1 Å². The lowest BCUT2D eigenvalue weighted by Gasteiger charge is -2.36. The van der Waals surface area contributed by atoms with Crippen molar-refractivity contribution in [2.45, 2.75) is 121 Å². The number of H-pyrrole nitrogens is 2. The number of rotatable bonds is 13. The highest BCUT2D eigenvalue weighted by molar-refractivity contribution is 5.87. The van der Waals surface area contributed by atoms with Crippen molar-refractivity contribution < 1.29 is 37.8 Å². The Morgan fingerprint density at radius 3 is 1.71 bits per heavy atom. The maximum Gasteiger partial charge on any atom is 0.407 e. The Balaban J connectivity index is 0.969. The average molecular weight is 1030 g/mol. The molecule has 6 aromatic rings. The summed E-state index contributed by atoms with van der Waals surface area (Å²) in [6.07, 6.45) is 3.94. The van der Waals surface area contributed by atoms with E-state index < -0.39 is 35.9 Å². The fourth-order valence-electron chi connectivity index (χ4n) is 12.5. The number of aromatic nitrogens is 4. The predicted octanol–water partition coefficient (Wildman–Crippen LogP) is 10.5. The number of imidazole rings is 2. The van der Waals surface area contributed by atoms with E-state index in [1.165, 1.54) is 31.9 Å². The number of anilines is 2. The van der Waals surface area contributed by atoms with E-state index >= 15 is 8.78 Å². The van der Waals surface area contributed by atoms with Crippen LogP contribution < -0.4 is 15.1 Å². The van der Waals surface area contributed by atoms with Gasteiger partial charge in [-0.2, -0.15) is 0 Å². The third kappa shape index (κ3) is 9.95. The van der Waals surface area contributed by atoms with Crippen LogP contribution in [0.15, 0.2) is 78.9 Å². The minimum Gasteiger partial charge on any atom is -0.465 e. The van der Waals surface area contributed by atoms with E-state index in [0.29, 0.717) is 80.6 Å². The molecule has 0 unspecified atom stereocenters. The number of hydrogen-bond acceptors (Lipinski definition) is 9. The molecule has 4 aliphatic heterocycles. The van der Waals surface area contributed by atoms with Crippen LogP contribution in [0.2, 0.25) is 0 Å². The second-order valence-electron chi connectivity index (χ2n) is 21.6. The van der Waals surface area contributed by atoms with E-state index in [9.17, 15) is 24.3 Å². The molecule has 4 aromatic carbocycles. The monoisotopic (exact) mass is 1030 g/mol. The first-order chi connectivity index (χ1) is 36.1. The molecule has 396 valence electrons. The summed E-state index contributed by atoms with van der Waals surface area (Å²) >= 11 is 0. The first-order valence-electron chi connectivity index (χ1n) is 26.6. The van der Waals surface area contributed by atoms with Gasteiger partial charge in [-0.15, -0.1) is 0 Å². The summed E-state index contributed by atoms with van der Waals surface area (Å²) in [5.41, 5.74) is 6.45. The van der Waals surface area contributed by atoms with Crippen LogP contribution >= 0.6 is 0 Å². The van der Waals surface area contributed by atoms with Crippen LogP contribution in [0.5, 0.6) is 0 Å². The molecule has 6 heterocycles. The molecule has 4 amide bonds. The molecule has 0 aliphatic carbocycles. The van der Waals surface area contributed by atoms with Gasteiger partial charge < -0.3 is 44.7 Å². The minimum absolute atomic E-state index is 0.00985. The highest BCUT2D eigenvalue weighted by Gasteiger charge is 2.42. The third-order valence-corrected chi connectivity index (χ3v) is 16.3. The standard InChI is InChI=1S/C57H68F2N10O6/c1-32(2)49(64-56(72)75-6)54(70)67-24-10-14-47(67)52-60-41-18-16-36(28-43(41)62-52)45-20-21-46(69(45)38-30-39(58)51(40(59)31-38)66-26-22-35(23-27-66)34-12-8-7-9-13-34)37-17-19-42-44(29-37)63-53(61-42)48-15-11-25-68(48)55(71)50(33(3)4)65(5)57(73)74/h7-9,12-13,16-19,28-33,35,45-50H,10-11,14-15,20-27H2,1-6H3,(H,60,62)(H,61,63)(H,64,72)(H,73,74)/t45-,46+,47+,48+,49+,50+/m1/s1. The Labute approximate surface area is 435 Å². The quantitative estimate of drug-likeness (QED) is 0.0868. The average Bonchev–Trinajstić information content (AvgIpc) is 4.27. The lowest BCUT2D eigenvalue weighted by Crippen LogP contribution is -2.51. The van der Waals surface area contributed by atoms with Crippen LogP contribution in [0.25, 0.3) is 22.1 Å². The molecule has 18 heteroatoms. The topological polar surface area (TPSA) is 183 Å². The van der Waals surface area contributed by atoms with Gasteiger partial charge in [0.25, 0.3) is 0 Å². The Morgan fingerprint density at radius 1 is 0.680 bits per heavy atom. The molecule has 10 rings (SSSR count). The number of carbonyl (C=O) groups is 4. The number of aromatic amines is 2. The summed E-state index contributed by atoms with van der Waals surface area (Å²) in [6.45, 7) is 9.51. The van der Waals surface area contributed by atoms with Crippen molar-refractivity contribution in [1.82, 2.24) is 40.0 Å². The van der Waals surface area contributed by atoms with Crippen LogP contribution in [0, 0.1) is 23.5 Å². The number of fused-ring (bicyclic) bond motifs is 2. The van der Waals surface area contributed by atoms with E-state index in [2.05, 4.69) is 38.4 Å². The van der Waals surface area contributed by atoms with Crippen LogP contribution in [0.1, 0.15) is 137 Å². The highest BCUT2D eigenvalue weighted by atomic mass is 19.1. The summed E-state index contributed by atoms with van der Waals surface area (Å²) in [7, 11) is 2.71. The van der Waals surface area contributed by atoms with Crippen LogP contribution in [-0.4, -0.2) is 116 Å². The van der Waals surface area contributed by atoms with Gasteiger partial charge >= 0.3 is 12.2 Å². The largest absolute Gasteiger partial charge is 0.465 e. The predicted molar refractivity (Wildman–Crippen MR) is 282 cm³/mol. The van der Waals surface area contributed by atoms with Gasteiger partial charge in [-0.25, -0.2) is 28.3 Å². The summed E-state index contributed by atoms with van der Waals surface area (Å²) in [5.74, 6) is -0.513. The third-order valence-electron chi connectivity index (χ3n) is 16.3. The number of alkyl carbamates (subject to hydrolysis) is 1. The normalized spacial score (nSPS) is 21.2. The fourth-order valence-corrected chi connectivity index (χ4v) is 12.5. The summed E-state index contributed by atoms with van der Waals surface area (Å²) in [5, 5.41) is 12.5. The fraction of sp³-hybridized carbons (Fsp3) is 0.474. The van der Waals surface area contributed by atoms with Crippen LogP contribution in [0.4, 0.5) is 29.7 Å². The van der Waals surface area contributed by atoms with Gasteiger partial charge in [-0.05, 0) is 122 Å². The van der Waals surface area contributed by atoms with Crippen molar-refractivity contribution in [3.8, 4) is 0 Å². The molecule has 75 heavy (non-hydrogen) atoms. The van der Waals surface area contributed by atoms with E-state index in [1.807, 2.05) is 81.1 Å². The number of amides is 4. The Kier molecular flexibility index (Phi) is 14.5. The summed E-state index contributed by atoms with van der Waals surface area (Å²) in [6, 6.07) is 22.4. The van der Waals surface area contributed by atoms with Crippen LogP contribution in [-0.2, 0) is 14.3 Å². The number of carbonyl (C=O) groups excluding carboxylic acids is 3. The van der Waals surface area contributed by atoms with Crippen molar-refractivity contribution >= 4 is 57.4 Å². The molecule has 0 spiro atoms. The lowest BCUT2D eigenvalue weighted by atomic mass is 9.89. The zero-order chi connectivity index (χ0) is 52.8. The number of benzene rings is 4. The van der Waals surface area contributed by atoms with Gasteiger partial charge in [-0.1, -0.05) is 70.2 Å². The number of likely N-dealkylation sites (N-methyl/N-ethyl adjacent to an activating group) is 1. The first kappa shape index (κ1) is 51.3. The maximum absolute atomic E-state index is 16.8. The zero-order valence-electron chi connectivity index (χ0n) is 43.6. The molecule has 4 aliphatic rings. The molecule has 4 N–H and O–H groups in total. The molecule has 0 radical (unpaired) electrons. The number of nitrogens with one attached hydrogen (secondary N) is 3. The van der Waals surface area contributed by atoms with E-state index in [1.54, 1.807) is 9.80 Å². The second-order valence-corrected chi connectivity index (χ2v) is 21.6. The lowest BCUT2D eigenvalue weighted by molar-refractivity contribution is -0.138. The summed E-state index contributed by atoms with van der Waals surface area (Å²) in [4.78, 5) is 77.9. The molecule has 6 atom stereocenters. The number of piperidine rings is 1. The number of halogens is 2. The number of carboxylic acid groups (broad SMARTS) is 1. The number of hydrogen-bond donors (Lipinski definition) is 4. The van der Waals surface area contributed by atoms with Gasteiger partial charge in [-0.3, -0.25) is 14.5 Å². The van der Waals surface area contributed by atoms with Gasteiger partial charge in [0.05, 0.1) is 53.3 Å². The van der Waals surface area contributed by atoms with Crippen molar-refractivity contribution in [2.24, 2.45) is 11.8 Å². The summed E-state index contributed by atoms with van der Waals surface area (Å²) < 4.78 is 38.5. The highest BCUT2D eigenvalue weighted by Crippen LogP contribution is 2.49. The molecular weight excluding hydrogens is 959 g/mol. The van der Waals surface area contributed by atoms with E-state index in [4.69, 9.17) is 14.7 Å². The van der Waals surface area contributed by atoms with Gasteiger partial charge in [0.1, 0.15) is 29.4 Å².